The van der Waals surface area contributed by atoms with Crippen molar-refractivity contribution in [2.75, 3.05) is 11.9 Å². The summed E-state index contributed by atoms with van der Waals surface area (Å²) >= 11 is 1.72. The summed E-state index contributed by atoms with van der Waals surface area (Å²) in [6.07, 6.45) is 0.904. The smallest absolute Gasteiger partial charge is 0.335 e. The molecule has 0 atom stereocenters. The quantitative estimate of drug-likeness (QED) is 0.882. The molecular weight excluding hydrogens is 284 g/mol. The van der Waals surface area contributed by atoms with Crippen LogP contribution >= 0.6 is 11.3 Å². The van der Waals surface area contributed by atoms with Gasteiger partial charge in [-0.2, -0.15) is 0 Å². The maximum atomic E-state index is 11.2. The number of carboxylic acids is 1. The number of nitrogens with one attached hydrogen (secondary N) is 1. The molecule has 0 fully saturated rings. The van der Waals surface area contributed by atoms with E-state index in [1.54, 1.807) is 23.5 Å². The first kappa shape index (κ1) is 15.5. The van der Waals surface area contributed by atoms with E-state index < -0.39 is 5.97 Å². The molecule has 0 aliphatic carbocycles. The van der Waals surface area contributed by atoms with Crippen LogP contribution in [0, 0.1) is 0 Å². The van der Waals surface area contributed by atoms with E-state index in [0.717, 1.165) is 18.7 Å². The lowest BCUT2D eigenvalue weighted by molar-refractivity contribution is 0.0696. The average molecular weight is 304 g/mol. The first-order valence-corrected chi connectivity index (χ1v) is 7.76. The molecule has 112 valence electrons. The summed E-state index contributed by atoms with van der Waals surface area (Å²) in [6, 6.07) is 7.35. The third-order valence-corrected chi connectivity index (χ3v) is 4.03. The molecule has 0 bridgehead atoms. The SMILES string of the molecule is CC(C)(C)c1cc(C(=O)O)cc(NCCc2cccs2)n1. The van der Waals surface area contributed by atoms with E-state index in [0.29, 0.717) is 5.82 Å². The zero-order valence-corrected chi connectivity index (χ0v) is 13.3. The van der Waals surface area contributed by atoms with Crippen molar-refractivity contribution in [2.24, 2.45) is 0 Å². The molecule has 0 spiro atoms. The maximum absolute atomic E-state index is 11.2. The number of pyridine rings is 1. The van der Waals surface area contributed by atoms with Gasteiger partial charge in [0, 0.05) is 22.5 Å². The van der Waals surface area contributed by atoms with Crippen LogP contribution in [0.25, 0.3) is 0 Å². The van der Waals surface area contributed by atoms with Gasteiger partial charge < -0.3 is 10.4 Å². The van der Waals surface area contributed by atoms with Gasteiger partial charge in [0.1, 0.15) is 5.82 Å². The van der Waals surface area contributed by atoms with Crippen molar-refractivity contribution in [2.45, 2.75) is 32.6 Å². The molecule has 0 saturated heterocycles. The van der Waals surface area contributed by atoms with Crippen molar-refractivity contribution in [3.05, 3.63) is 45.8 Å². The van der Waals surface area contributed by atoms with Gasteiger partial charge in [-0.05, 0) is 30.0 Å². The normalized spacial score (nSPS) is 11.4. The highest BCUT2D eigenvalue weighted by atomic mass is 32.1. The molecule has 21 heavy (non-hydrogen) atoms. The Bertz CT molecular complexity index is 616. The van der Waals surface area contributed by atoms with Crippen LogP contribution in [-0.4, -0.2) is 22.6 Å². The molecule has 2 aromatic heterocycles. The minimum Gasteiger partial charge on any atom is -0.478 e. The monoisotopic (exact) mass is 304 g/mol. The number of nitrogens with zero attached hydrogens (tertiary/aromatic N) is 1. The lowest BCUT2D eigenvalue weighted by Gasteiger charge is -2.19. The van der Waals surface area contributed by atoms with Crippen LogP contribution in [0.15, 0.2) is 29.6 Å². The van der Waals surface area contributed by atoms with Gasteiger partial charge in [-0.3, -0.25) is 0 Å². The number of aromatic carboxylic acids is 1. The second kappa shape index (κ2) is 6.26. The van der Waals surface area contributed by atoms with Crippen LogP contribution in [0.2, 0.25) is 0 Å². The zero-order valence-electron chi connectivity index (χ0n) is 12.5. The lowest BCUT2D eigenvalue weighted by atomic mass is 9.91. The summed E-state index contributed by atoms with van der Waals surface area (Å²) in [5.41, 5.74) is 0.866. The summed E-state index contributed by atoms with van der Waals surface area (Å²) in [5.74, 6) is -0.305. The van der Waals surface area contributed by atoms with Crippen LogP contribution < -0.4 is 5.32 Å². The summed E-state index contributed by atoms with van der Waals surface area (Å²) in [7, 11) is 0. The van der Waals surface area contributed by atoms with E-state index in [1.807, 2.05) is 26.8 Å². The van der Waals surface area contributed by atoms with Gasteiger partial charge >= 0.3 is 5.97 Å². The molecule has 0 unspecified atom stereocenters. The van der Waals surface area contributed by atoms with Crippen LogP contribution in [-0.2, 0) is 11.8 Å². The number of rotatable bonds is 5. The van der Waals surface area contributed by atoms with Gasteiger partial charge in [0.2, 0.25) is 0 Å². The Hall–Kier alpha value is -1.88. The van der Waals surface area contributed by atoms with Crippen LogP contribution in [0.4, 0.5) is 5.82 Å². The number of hydrogen-bond acceptors (Lipinski definition) is 4. The summed E-state index contributed by atoms with van der Waals surface area (Å²) < 4.78 is 0. The Balaban J connectivity index is 2.14. The number of thiophene rings is 1. The van der Waals surface area contributed by atoms with Gasteiger partial charge in [0.25, 0.3) is 0 Å². The van der Waals surface area contributed by atoms with E-state index in [4.69, 9.17) is 0 Å². The predicted octanol–water partition coefficient (Wildman–Crippen LogP) is 3.79. The van der Waals surface area contributed by atoms with Crippen molar-refractivity contribution in [3.8, 4) is 0 Å². The molecule has 0 aliphatic heterocycles. The topological polar surface area (TPSA) is 62.2 Å². The van der Waals surface area contributed by atoms with Crippen molar-refractivity contribution in [1.82, 2.24) is 4.98 Å². The van der Waals surface area contributed by atoms with Crippen LogP contribution in [0.3, 0.4) is 0 Å². The van der Waals surface area contributed by atoms with Gasteiger partial charge in [-0.25, -0.2) is 9.78 Å². The fourth-order valence-electron chi connectivity index (χ4n) is 1.90. The van der Waals surface area contributed by atoms with Gasteiger partial charge in [0.05, 0.1) is 5.56 Å². The molecule has 0 radical (unpaired) electrons. The number of carboxylic acid groups (broad SMARTS) is 1. The molecule has 2 rings (SSSR count). The summed E-state index contributed by atoms with van der Waals surface area (Å²) in [5, 5.41) is 14.5. The predicted molar refractivity (Wildman–Crippen MR) is 86.4 cm³/mol. The highest BCUT2D eigenvalue weighted by Gasteiger charge is 2.19. The maximum Gasteiger partial charge on any atom is 0.335 e. The van der Waals surface area contributed by atoms with Gasteiger partial charge in [-0.15, -0.1) is 11.3 Å². The van der Waals surface area contributed by atoms with Crippen molar-refractivity contribution < 1.29 is 9.90 Å². The Labute approximate surface area is 128 Å². The number of anilines is 1. The Morgan fingerprint density at radius 3 is 2.71 bits per heavy atom. The summed E-state index contributed by atoms with van der Waals surface area (Å²) in [4.78, 5) is 17.1. The molecule has 0 amide bonds. The molecule has 2 heterocycles. The highest BCUT2D eigenvalue weighted by Crippen LogP contribution is 2.23. The summed E-state index contributed by atoms with van der Waals surface area (Å²) in [6.45, 7) is 6.81. The van der Waals surface area contributed by atoms with Crippen LogP contribution in [0.5, 0.6) is 0 Å². The Morgan fingerprint density at radius 2 is 2.14 bits per heavy atom. The second-order valence-electron chi connectivity index (χ2n) is 5.94. The number of hydrogen-bond donors (Lipinski definition) is 2. The zero-order chi connectivity index (χ0) is 15.5. The number of carbonyl (C=O) groups is 1. The van der Waals surface area contributed by atoms with E-state index >= 15 is 0 Å². The van der Waals surface area contributed by atoms with Crippen molar-refractivity contribution in [3.63, 3.8) is 0 Å². The van der Waals surface area contributed by atoms with Gasteiger partial charge in [-0.1, -0.05) is 26.8 Å². The average Bonchev–Trinajstić information content (AvgIpc) is 2.90. The third-order valence-electron chi connectivity index (χ3n) is 3.10. The standard InChI is InChI=1S/C16H20N2O2S/c1-16(2,3)13-9-11(15(19)20)10-14(18-13)17-7-6-12-5-4-8-21-12/h4-5,8-10H,6-7H2,1-3H3,(H,17,18)(H,19,20). The molecule has 4 nitrogen and oxygen atoms in total. The molecule has 0 saturated carbocycles. The van der Waals surface area contributed by atoms with E-state index in [1.165, 1.54) is 4.88 Å². The van der Waals surface area contributed by atoms with E-state index in [2.05, 4.69) is 21.7 Å². The Morgan fingerprint density at radius 1 is 1.38 bits per heavy atom. The van der Waals surface area contributed by atoms with Gasteiger partial charge in [0.15, 0.2) is 0 Å². The Kier molecular flexibility index (Phi) is 4.63. The number of aromatic nitrogens is 1. The second-order valence-corrected chi connectivity index (χ2v) is 6.97. The lowest BCUT2D eigenvalue weighted by Crippen LogP contribution is -2.17. The van der Waals surface area contributed by atoms with Crippen LogP contribution in [0.1, 0.15) is 41.7 Å². The fourth-order valence-corrected chi connectivity index (χ4v) is 2.61. The molecule has 2 N–H and O–H groups in total. The first-order chi connectivity index (χ1) is 9.86. The molecule has 5 heteroatoms. The van der Waals surface area contributed by atoms with E-state index in [9.17, 15) is 9.90 Å². The largest absolute Gasteiger partial charge is 0.478 e. The third kappa shape index (κ3) is 4.29. The molecular formula is C16H20N2O2S. The first-order valence-electron chi connectivity index (χ1n) is 6.88. The van der Waals surface area contributed by atoms with Crippen molar-refractivity contribution >= 4 is 23.1 Å². The fraction of sp³-hybridized carbons (Fsp3) is 0.375. The highest BCUT2D eigenvalue weighted by molar-refractivity contribution is 7.09. The minimum absolute atomic E-state index is 0.185. The molecule has 0 aliphatic rings. The molecule has 0 aromatic carbocycles. The molecule has 2 aromatic rings. The van der Waals surface area contributed by atoms with E-state index in [-0.39, 0.29) is 11.0 Å². The van der Waals surface area contributed by atoms with Crippen molar-refractivity contribution in [1.29, 1.82) is 0 Å². The minimum atomic E-state index is -0.927.